The van der Waals surface area contributed by atoms with Crippen LogP contribution in [-0.2, 0) is 0 Å². The van der Waals surface area contributed by atoms with E-state index < -0.39 is 0 Å². The summed E-state index contributed by atoms with van der Waals surface area (Å²) in [5.41, 5.74) is 6.69. The van der Waals surface area contributed by atoms with Gasteiger partial charge in [-0.15, -0.1) is 0 Å². The topological polar surface area (TPSA) is 49.8 Å². The second-order valence-corrected chi connectivity index (χ2v) is 4.70. The molecule has 0 aromatic heterocycles. The molecular weight excluding hydrogens is 148 g/mol. The first kappa shape index (κ1) is 8.07. The average Bonchev–Trinajstić information content (AvgIpc) is 2.08. The molecule has 3 fully saturated rings. The van der Waals surface area contributed by atoms with Gasteiger partial charge in [0.25, 0.3) is 0 Å². The van der Waals surface area contributed by atoms with E-state index in [1.165, 1.54) is 19.3 Å². The van der Waals surface area contributed by atoms with Crippen LogP contribution in [0.4, 0.5) is 0 Å². The summed E-state index contributed by atoms with van der Waals surface area (Å²) in [6, 6.07) is 2.33. The van der Waals surface area contributed by atoms with Crippen molar-refractivity contribution in [3.63, 3.8) is 0 Å². The molecule has 0 spiro atoms. The maximum absolute atomic E-state index is 8.72. The summed E-state index contributed by atoms with van der Waals surface area (Å²) in [5.74, 6) is 0. The van der Waals surface area contributed by atoms with Gasteiger partial charge in [-0.3, -0.25) is 0 Å². The Hall–Kier alpha value is -0.550. The molecule has 2 bridgehead atoms. The van der Waals surface area contributed by atoms with Gasteiger partial charge in [-0.2, -0.15) is 5.26 Å². The van der Waals surface area contributed by atoms with Crippen molar-refractivity contribution in [3.05, 3.63) is 0 Å². The van der Waals surface area contributed by atoms with E-state index in [1.807, 2.05) is 0 Å². The molecule has 12 heavy (non-hydrogen) atoms. The van der Waals surface area contributed by atoms with Crippen LogP contribution in [0.1, 0.15) is 44.9 Å². The predicted octanol–water partition coefficient (Wildman–Crippen LogP) is 1.95. The van der Waals surface area contributed by atoms with Crippen molar-refractivity contribution < 1.29 is 0 Å². The van der Waals surface area contributed by atoms with Crippen LogP contribution in [0.2, 0.25) is 0 Å². The zero-order valence-electron chi connectivity index (χ0n) is 7.47. The van der Waals surface area contributed by atoms with Gasteiger partial charge in [0.1, 0.15) is 0 Å². The van der Waals surface area contributed by atoms with Crippen LogP contribution in [0, 0.1) is 16.7 Å². The highest BCUT2D eigenvalue weighted by Crippen LogP contribution is 2.52. The molecule has 2 N–H and O–H groups in total. The van der Waals surface area contributed by atoms with E-state index in [0.29, 0.717) is 5.41 Å². The van der Waals surface area contributed by atoms with Crippen molar-refractivity contribution in [2.75, 3.05) is 0 Å². The van der Waals surface area contributed by atoms with Crippen molar-refractivity contribution in [1.82, 2.24) is 0 Å². The Balaban J connectivity index is 2.10. The molecule has 0 unspecified atom stereocenters. The van der Waals surface area contributed by atoms with Gasteiger partial charge in [0.2, 0.25) is 0 Å². The Morgan fingerprint density at radius 1 is 1.08 bits per heavy atom. The van der Waals surface area contributed by atoms with Crippen LogP contribution >= 0.6 is 0 Å². The second-order valence-electron chi connectivity index (χ2n) is 4.70. The first-order chi connectivity index (χ1) is 5.68. The molecule has 2 nitrogen and oxygen atoms in total. The normalized spacial score (nSPS) is 45.7. The quantitative estimate of drug-likeness (QED) is 0.644. The Labute approximate surface area is 73.7 Å². The summed E-state index contributed by atoms with van der Waals surface area (Å²) in [5, 5.41) is 8.72. The van der Waals surface area contributed by atoms with Crippen LogP contribution in [0.3, 0.4) is 0 Å². The minimum Gasteiger partial charge on any atom is -0.325 e. The lowest BCUT2D eigenvalue weighted by atomic mass is 9.57. The van der Waals surface area contributed by atoms with Crippen LogP contribution in [0.15, 0.2) is 0 Å². The van der Waals surface area contributed by atoms with Gasteiger partial charge in [-0.25, -0.2) is 0 Å². The molecule has 0 heterocycles. The Morgan fingerprint density at radius 3 is 2.00 bits per heavy atom. The van der Waals surface area contributed by atoms with Crippen molar-refractivity contribution in [2.24, 2.45) is 11.1 Å². The first-order valence-corrected chi connectivity index (χ1v) is 4.84. The van der Waals surface area contributed by atoms with E-state index in [9.17, 15) is 0 Å². The van der Waals surface area contributed by atoms with Crippen LogP contribution in [0.5, 0.6) is 0 Å². The highest BCUT2D eigenvalue weighted by Gasteiger charge is 2.46. The number of rotatable bonds is 1. The molecule has 3 saturated carbocycles. The fraction of sp³-hybridized carbons (Fsp3) is 0.900. The van der Waals surface area contributed by atoms with E-state index in [-0.39, 0.29) is 5.54 Å². The molecule has 66 valence electrons. The number of nitrogens with zero attached hydrogens (tertiary/aromatic N) is 1. The highest BCUT2D eigenvalue weighted by molar-refractivity contribution is 5.04. The average molecular weight is 164 g/mol. The van der Waals surface area contributed by atoms with Gasteiger partial charge in [-0.1, -0.05) is 0 Å². The molecule has 0 aromatic carbocycles. The molecule has 0 saturated heterocycles. The van der Waals surface area contributed by atoms with Crippen LogP contribution in [-0.4, -0.2) is 5.54 Å². The molecule has 3 aliphatic carbocycles. The van der Waals surface area contributed by atoms with Crippen molar-refractivity contribution in [2.45, 2.75) is 50.5 Å². The summed E-state index contributed by atoms with van der Waals surface area (Å²) in [4.78, 5) is 0. The van der Waals surface area contributed by atoms with E-state index in [0.717, 1.165) is 25.7 Å². The lowest BCUT2D eigenvalue weighted by molar-refractivity contribution is 0.0486. The Bertz CT molecular complexity index is 202. The molecule has 3 aliphatic rings. The maximum atomic E-state index is 8.72. The molecule has 0 radical (unpaired) electrons. The number of hydrogen-bond donors (Lipinski definition) is 1. The van der Waals surface area contributed by atoms with E-state index in [4.69, 9.17) is 11.0 Å². The SMILES string of the molecule is N#CCC12CCC(N)(CC1)CC2. The summed E-state index contributed by atoms with van der Waals surface area (Å²) in [6.45, 7) is 0. The van der Waals surface area contributed by atoms with Crippen molar-refractivity contribution >= 4 is 0 Å². The maximum Gasteiger partial charge on any atom is 0.0627 e. The predicted molar refractivity (Wildman–Crippen MR) is 47.3 cm³/mol. The van der Waals surface area contributed by atoms with Gasteiger partial charge in [0.05, 0.1) is 6.07 Å². The minimum atomic E-state index is 0.150. The Morgan fingerprint density at radius 2 is 1.58 bits per heavy atom. The van der Waals surface area contributed by atoms with Gasteiger partial charge >= 0.3 is 0 Å². The van der Waals surface area contributed by atoms with Gasteiger partial charge < -0.3 is 5.73 Å². The van der Waals surface area contributed by atoms with Crippen LogP contribution < -0.4 is 5.73 Å². The molecule has 0 amide bonds. The molecular formula is C10H16N2. The number of fused-ring (bicyclic) bond motifs is 3. The lowest BCUT2D eigenvalue weighted by Gasteiger charge is -2.51. The smallest absolute Gasteiger partial charge is 0.0627 e. The summed E-state index contributed by atoms with van der Waals surface area (Å²) < 4.78 is 0. The fourth-order valence-corrected chi connectivity index (χ4v) is 2.73. The highest BCUT2D eigenvalue weighted by atomic mass is 14.8. The van der Waals surface area contributed by atoms with Crippen molar-refractivity contribution in [1.29, 1.82) is 5.26 Å². The summed E-state index contributed by atoms with van der Waals surface area (Å²) in [7, 11) is 0. The van der Waals surface area contributed by atoms with Crippen molar-refractivity contribution in [3.8, 4) is 6.07 Å². The Kier molecular flexibility index (Phi) is 1.66. The lowest BCUT2D eigenvalue weighted by Crippen LogP contribution is -2.51. The molecule has 3 rings (SSSR count). The van der Waals surface area contributed by atoms with E-state index in [1.54, 1.807) is 0 Å². The van der Waals surface area contributed by atoms with Gasteiger partial charge in [0, 0.05) is 12.0 Å². The van der Waals surface area contributed by atoms with Crippen LogP contribution in [0.25, 0.3) is 0 Å². The number of hydrogen-bond acceptors (Lipinski definition) is 2. The minimum absolute atomic E-state index is 0.150. The molecule has 2 heteroatoms. The van der Waals surface area contributed by atoms with E-state index >= 15 is 0 Å². The largest absolute Gasteiger partial charge is 0.325 e. The third-order valence-corrected chi connectivity index (χ3v) is 3.91. The third-order valence-electron chi connectivity index (χ3n) is 3.91. The fourth-order valence-electron chi connectivity index (χ4n) is 2.73. The van der Waals surface area contributed by atoms with E-state index in [2.05, 4.69) is 6.07 Å². The molecule has 0 aliphatic heterocycles. The third kappa shape index (κ3) is 1.13. The van der Waals surface area contributed by atoms with Gasteiger partial charge in [0.15, 0.2) is 0 Å². The number of nitrogens with two attached hydrogens (primary N) is 1. The summed E-state index contributed by atoms with van der Waals surface area (Å²) in [6.07, 6.45) is 7.77. The monoisotopic (exact) mass is 164 g/mol. The molecule has 0 aromatic rings. The summed E-state index contributed by atoms with van der Waals surface area (Å²) >= 11 is 0. The zero-order chi connectivity index (χ0) is 8.66. The number of nitriles is 1. The first-order valence-electron chi connectivity index (χ1n) is 4.84. The molecule has 0 atom stereocenters. The van der Waals surface area contributed by atoms with Gasteiger partial charge in [-0.05, 0) is 43.9 Å². The second kappa shape index (κ2) is 2.47. The standard InChI is InChI=1S/C10H16N2/c11-8-7-9-1-4-10(12,5-2-9)6-3-9/h1-7,12H2. The zero-order valence-corrected chi connectivity index (χ0v) is 7.47.